The first-order valence-electron chi connectivity index (χ1n) is 5.34. The molecule has 0 radical (unpaired) electrons. The van der Waals surface area contributed by atoms with Gasteiger partial charge in [-0.25, -0.2) is 0 Å². The molecule has 0 bridgehead atoms. The van der Waals surface area contributed by atoms with Crippen LogP contribution in [0.5, 0.6) is 0 Å². The van der Waals surface area contributed by atoms with Crippen LogP contribution in [-0.2, 0) is 0 Å². The molecule has 3 N–H and O–H groups in total. The van der Waals surface area contributed by atoms with Crippen LogP contribution in [0.2, 0.25) is 0 Å². The second kappa shape index (κ2) is 5.29. The summed E-state index contributed by atoms with van der Waals surface area (Å²) in [5, 5.41) is 3.26. The minimum atomic E-state index is 0.0567. The monoisotopic (exact) mass is 291 g/mol. The number of pyridine rings is 1. The van der Waals surface area contributed by atoms with Crippen molar-refractivity contribution in [3.8, 4) is 0 Å². The molecule has 88 valence electrons. The highest BCUT2D eigenvalue weighted by Crippen LogP contribution is 2.27. The molecule has 2 rings (SSSR count). The molecule has 2 aromatic rings. The van der Waals surface area contributed by atoms with Crippen molar-refractivity contribution in [2.24, 2.45) is 0 Å². The van der Waals surface area contributed by atoms with Gasteiger partial charge in [0.25, 0.3) is 0 Å². The van der Waals surface area contributed by atoms with Crippen LogP contribution in [0.15, 0.2) is 47.2 Å². The molecule has 0 aliphatic heterocycles. The van der Waals surface area contributed by atoms with E-state index in [0.717, 1.165) is 21.3 Å². The van der Waals surface area contributed by atoms with Crippen molar-refractivity contribution in [2.75, 3.05) is 12.8 Å². The van der Waals surface area contributed by atoms with E-state index in [1.807, 2.05) is 25.2 Å². The Balaban J connectivity index is 2.44. The van der Waals surface area contributed by atoms with Gasteiger partial charge in [0.15, 0.2) is 0 Å². The average molecular weight is 292 g/mol. The van der Waals surface area contributed by atoms with E-state index in [4.69, 9.17) is 5.73 Å². The molecule has 0 spiro atoms. The third-order valence-electron chi connectivity index (χ3n) is 2.67. The maximum Gasteiger partial charge on any atom is 0.0610 e. The lowest BCUT2D eigenvalue weighted by molar-refractivity contribution is 0.690. The highest BCUT2D eigenvalue weighted by atomic mass is 79.9. The minimum Gasteiger partial charge on any atom is -0.398 e. The predicted molar refractivity (Wildman–Crippen MR) is 73.7 cm³/mol. The van der Waals surface area contributed by atoms with Crippen molar-refractivity contribution in [3.63, 3.8) is 0 Å². The van der Waals surface area contributed by atoms with E-state index >= 15 is 0 Å². The minimum absolute atomic E-state index is 0.0567. The Labute approximate surface area is 109 Å². The van der Waals surface area contributed by atoms with Crippen molar-refractivity contribution in [3.05, 3.63) is 58.3 Å². The van der Waals surface area contributed by atoms with Gasteiger partial charge in [-0.05, 0) is 30.8 Å². The molecule has 0 saturated heterocycles. The molecule has 1 aromatic carbocycles. The number of rotatable bonds is 3. The van der Waals surface area contributed by atoms with Crippen LogP contribution < -0.4 is 11.1 Å². The van der Waals surface area contributed by atoms with Gasteiger partial charge in [-0.2, -0.15) is 0 Å². The molecule has 4 heteroatoms. The molecule has 3 nitrogen and oxygen atoms in total. The topological polar surface area (TPSA) is 50.9 Å². The number of nitrogens with zero attached hydrogens (tertiary/aromatic N) is 1. The molecule has 0 amide bonds. The molecule has 1 unspecified atom stereocenters. The van der Waals surface area contributed by atoms with E-state index in [9.17, 15) is 0 Å². The van der Waals surface area contributed by atoms with Gasteiger partial charge in [-0.15, -0.1) is 0 Å². The first-order valence-corrected chi connectivity index (χ1v) is 6.14. The number of aromatic nitrogens is 1. The SMILES string of the molecule is CNC(c1cccc(Br)c1)c1cnccc1N. The molecular formula is C13H14BrN3. The van der Waals surface area contributed by atoms with Crippen molar-refractivity contribution in [1.82, 2.24) is 10.3 Å². The number of nitrogens with two attached hydrogens (primary N) is 1. The van der Waals surface area contributed by atoms with E-state index in [0.29, 0.717) is 0 Å². The van der Waals surface area contributed by atoms with Gasteiger partial charge in [0.2, 0.25) is 0 Å². The summed E-state index contributed by atoms with van der Waals surface area (Å²) in [6.45, 7) is 0. The van der Waals surface area contributed by atoms with Gasteiger partial charge < -0.3 is 11.1 Å². The third-order valence-corrected chi connectivity index (χ3v) is 3.16. The summed E-state index contributed by atoms with van der Waals surface area (Å²) in [5.41, 5.74) is 8.88. The number of anilines is 1. The Morgan fingerprint density at radius 1 is 1.35 bits per heavy atom. The van der Waals surface area contributed by atoms with E-state index in [-0.39, 0.29) is 6.04 Å². The summed E-state index contributed by atoms with van der Waals surface area (Å²) in [6.07, 6.45) is 3.50. The molecule has 1 atom stereocenters. The zero-order valence-corrected chi connectivity index (χ0v) is 11.1. The van der Waals surface area contributed by atoms with Crippen LogP contribution in [0.3, 0.4) is 0 Å². The van der Waals surface area contributed by atoms with Crippen LogP contribution in [0.25, 0.3) is 0 Å². The van der Waals surface area contributed by atoms with Crippen LogP contribution in [0, 0.1) is 0 Å². The summed E-state index contributed by atoms with van der Waals surface area (Å²) >= 11 is 3.48. The number of halogens is 1. The Bertz CT molecular complexity index is 514. The number of benzene rings is 1. The molecule has 0 fully saturated rings. The highest BCUT2D eigenvalue weighted by molar-refractivity contribution is 9.10. The predicted octanol–water partition coefficient (Wildman–Crippen LogP) is 2.74. The summed E-state index contributed by atoms with van der Waals surface area (Å²) in [6, 6.07) is 10.0. The van der Waals surface area contributed by atoms with Crippen LogP contribution >= 0.6 is 15.9 Å². The molecule has 0 aliphatic carbocycles. The summed E-state index contributed by atoms with van der Waals surface area (Å²) in [4.78, 5) is 4.13. The first-order chi connectivity index (χ1) is 8.22. The summed E-state index contributed by atoms with van der Waals surface area (Å²) in [5.74, 6) is 0. The second-order valence-corrected chi connectivity index (χ2v) is 4.70. The summed E-state index contributed by atoms with van der Waals surface area (Å²) < 4.78 is 1.05. The quantitative estimate of drug-likeness (QED) is 0.914. The average Bonchev–Trinajstić information content (AvgIpc) is 2.33. The fourth-order valence-corrected chi connectivity index (χ4v) is 2.26. The second-order valence-electron chi connectivity index (χ2n) is 3.78. The van der Waals surface area contributed by atoms with Gasteiger partial charge >= 0.3 is 0 Å². The van der Waals surface area contributed by atoms with Gasteiger partial charge in [-0.3, -0.25) is 4.98 Å². The normalized spacial score (nSPS) is 12.4. The number of hydrogen-bond acceptors (Lipinski definition) is 3. The summed E-state index contributed by atoms with van der Waals surface area (Å²) in [7, 11) is 1.91. The fraction of sp³-hybridized carbons (Fsp3) is 0.154. The molecule has 1 aromatic heterocycles. The Hall–Kier alpha value is -1.39. The van der Waals surface area contributed by atoms with Gasteiger partial charge in [0, 0.05) is 28.1 Å². The van der Waals surface area contributed by atoms with Crippen LogP contribution in [-0.4, -0.2) is 12.0 Å². The lowest BCUT2D eigenvalue weighted by atomic mass is 9.99. The Morgan fingerprint density at radius 3 is 2.82 bits per heavy atom. The van der Waals surface area contributed by atoms with E-state index in [1.54, 1.807) is 12.4 Å². The van der Waals surface area contributed by atoms with Crippen molar-refractivity contribution >= 4 is 21.6 Å². The molecule has 1 heterocycles. The maximum absolute atomic E-state index is 5.98. The lowest BCUT2D eigenvalue weighted by Crippen LogP contribution is -2.19. The van der Waals surface area contributed by atoms with Gasteiger partial charge in [0.1, 0.15) is 0 Å². The van der Waals surface area contributed by atoms with E-state index < -0.39 is 0 Å². The number of nitrogens with one attached hydrogen (secondary N) is 1. The van der Waals surface area contributed by atoms with Crippen molar-refractivity contribution in [2.45, 2.75) is 6.04 Å². The number of hydrogen-bond donors (Lipinski definition) is 2. The first kappa shape index (κ1) is 12.1. The smallest absolute Gasteiger partial charge is 0.0610 e. The van der Waals surface area contributed by atoms with Gasteiger partial charge in [-0.1, -0.05) is 28.1 Å². The Kier molecular flexibility index (Phi) is 3.76. The molecule has 17 heavy (non-hydrogen) atoms. The van der Waals surface area contributed by atoms with Crippen molar-refractivity contribution < 1.29 is 0 Å². The Morgan fingerprint density at radius 2 is 2.18 bits per heavy atom. The van der Waals surface area contributed by atoms with E-state index in [2.05, 4.69) is 38.4 Å². The largest absolute Gasteiger partial charge is 0.398 e. The third kappa shape index (κ3) is 2.65. The molecular weight excluding hydrogens is 278 g/mol. The fourth-order valence-electron chi connectivity index (χ4n) is 1.85. The van der Waals surface area contributed by atoms with Crippen molar-refractivity contribution in [1.29, 1.82) is 0 Å². The van der Waals surface area contributed by atoms with Crippen LogP contribution in [0.4, 0.5) is 5.69 Å². The molecule has 0 saturated carbocycles. The van der Waals surface area contributed by atoms with Crippen LogP contribution in [0.1, 0.15) is 17.2 Å². The zero-order chi connectivity index (χ0) is 12.3. The molecule has 0 aliphatic rings. The van der Waals surface area contributed by atoms with E-state index in [1.165, 1.54) is 0 Å². The lowest BCUT2D eigenvalue weighted by Gasteiger charge is -2.18. The van der Waals surface area contributed by atoms with Gasteiger partial charge in [0.05, 0.1) is 6.04 Å². The zero-order valence-electron chi connectivity index (χ0n) is 9.52. The standard InChI is InChI=1S/C13H14BrN3/c1-16-13(9-3-2-4-10(14)7-9)11-8-17-6-5-12(11)15/h2-8,13,16H,1H3,(H2,15,17). The maximum atomic E-state index is 5.98. The highest BCUT2D eigenvalue weighted by Gasteiger charge is 2.14. The number of nitrogen functional groups attached to an aromatic ring is 1.